The van der Waals surface area contributed by atoms with Crippen molar-refractivity contribution < 1.29 is 22.7 Å². The first-order chi connectivity index (χ1) is 18.3. The fourth-order valence-electron chi connectivity index (χ4n) is 4.50. The molecule has 0 aromatic heterocycles. The standard InChI is InChI=1S/C28H34N4O5S/c1-21(22-7-5-4-6-8-22)30-38(34,35)27-19-23(29-28(33)20-36-2)9-14-26(27)32-17-15-31(16-18-32)24-10-12-25(37-3)13-11-24/h4-14,19,21,30H,15-18,20H2,1-3H3,(H,29,33)/t21-/m0/s1. The van der Waals surface area contributed by atoms with E-state index in [4.69, 9.17) is 9.47 Å². The first kappa shape index (κ1) is 27.4. The van der Waals surface area contributed by atoms with Crippen LogP contribution in [0.5, 0.6) is 5.75 Å². The summed E-state index contributed by atoms with van der Waals surface area (Å²) in [6, 6.07) is 21.9. The van der Waals surface area contributed by atoms with Crippen molar-refractivity contribution in [3.8, 4) is 5.75 Å². The number of carbonyl (C=O) groups excluding carboxylic acids is 1. The van der Waals surface area contributed by atoms with Gasteiger partial charge >= 0.3 is 0 Å². The van der Waals surface area contributed by atoms with Crippen molar-refractivity contribution in [2.24, 2.45) is 0 Å². The Balaban J connectivity index is 1.58. The van der Waals surface area contributed by atoms with Crippen molar-refractivity contribution in [3.05, 3.63) is 78.4 Å². The molecule has 1 heterocycles. The van der Waals surface area contributed by atoms with Gasteiger partial charge in [0, 0.05) is 50.7 Å². The SMILES string of the molecule is COCC(=O)Nc1ccc(N2CCN(c3ccc(OC)cc3)CC2)c(S(=O)(=O)N[C@@H](C)c2ccccc2)c1. The first-order valence-corrected chi connectivity index (χ1v) is 13.9. The van der Waals surface area contributed by atoms with Gasteiger partial charge in [0.25, 0.3) is 0 Å². The van der Waals surface area contributed by atoms with Gasteiger partial charge in [0.15, 0.2) is 0 Å². The fourth-order valence-corrected chi connectivity index (χ4v) is 5.98. The second-order valence-electron chi connectivity index (χ2n) is 9.09. The van der Waals surface area contributed by atoms with E-state index in [9.17, 15) is 13.2 Å². The average molecular weight is 539 g/mol. The number of amides is 1. The molecule has 1 amide bonds. The molecule has 9 nitrogen and oxygen atoms in total. The molecule has 1 aliphatic rings. The van der Waals surface area contributed by atoms with Gasteiger partial charge in [0.1, 0.15) is 17.3 Å². The van der Waals surface area contributed by atoms with Gasteiger partial charge < -0.3 is 24.6 Å². The van der Waals surface area contributed by atoms with Crippen molar-refractivity contribution in [3.63, 3.8) is 0 Å². The Morgan fingerprint density at radius 3 is 2.21 bits per heavy atom. The Kier molecular flexibility index (Phi) is 8.88. The number of piperazine rings is 1. The van der Waals surface area contributed by atoms with Crippen LogP contribution in [-0.2, 0) is 19.6 Å². The van der Waals surface area contributed by atoms with Crippen molar-refractivity contribution in [1.29, 1.82) is 0 Å². The number of sulfonamides is 1. The molecule has 0 saturated carbocycles. The Morgan fingerprint density at radius 2 is 1.58 bits per heavy atom. The Morgan fingerprint density at radius 1 is 0.921 bits per heavy atom. The quantitative estimate of drug-likeness (QED) is 0.407. The number of nitrogens with zero attached hydrogens (tertiary/aromatic N) is 2. The Labute approximate surface area is 224 Å². The lowest BCUT2D eigenvalue weighted by atomic mass is 10.1. The first-order valence-electron chi connectivity index (χ1n) is 12.4. The van der Waals surface area contributed by atoms with Crippen LogP contribution in [0.4, 0.5) is 17.1 Å². The zero-order chi connectivity index (χ0) is 27.1. The Bertz CT molecular complexity index is 1330. The highest BCUT2D eigenvalue weighted by Gasteiger charge is 2.27. The number of rotatable bonds is 10. The van der Waals surface area contributed by atoms with Crippen LogP contribution < -0.4 is 24.6 Å². The minimum absolute atomic E-state index is 0.119. The normalized spacial score (nSPS) is 14.7. The van der Waals surface area contributed by atoms with E-state index < -0.39 is 16.1 Å². The molecule has 1 fully saturated rings. The zero-order valence-electron chi connectivity index (χ0n) is 21.9. The summed E-state index contributed by atoms with van der Waals surface area (Å²) in [5.41, 5.74) is 2.93. The minimum atomic E-state index is -3.93. The van der Waals surface area contributed by atoms with Crippen LogP contribution in [0.1, 0.15) is 18.5 Å². The molecule has 3 aromatic rings. The summed E-state index contributed by atoms with van der Waals surface area (Å²) < 4.78 is 40.3. The second-order valence-corrected chi connectivity index (χ2v) is 10.8. The van der Waals surface area contributed by atoms with Crippen LogP contribution in [0.3, 0.4) is 0 Å². The monoisotopic (exact) mass is 538 g/mol. The number of hydrogen-bond donors (Lipinski definition) is 2. The van der Waals surface area contributed by atoms with E-state index in [1.165, 1.54) is 13.2 Å². The highest BCUT2D eigenvalue weighted by atomic mass is 32.2. The van der Waals surface area contributed by atoms with Crippen LogP contribution in [0.2, 0.25) is 0 Å². The number of benzene rings is 3. The summed E-state index contributed by atoms with van der Waals surface area (Å²) in [5.74, 6) is 0.444. The van der Waals surface area contributed by atoms with Gasteiger partial charge in [-0.05, 0) is 55.0 Å². The summed E-state index contributed by atoms with van der Waals surface area (Å²) in [6.07, 6.45) is 0. The van der Waals surface area contributed by atoms with E-state index in [1.807, 2.05) is 61.5 Å². The number of methoxy groups -OCH3 is 2. The molecule has 1 saturated heterocycles. The van der Waals surface area contributed by atoms with Gasteiger partial charge in [0.05, 0.1) is 12.8 Å². The predicted octanol–water partition coefficient (Wildman–Crippen LogP) is 3.65. The maximum atomic E-state index is 13.7. The number of carbonyl (C=O) groups is 1. The third kappa shape index (κ3) is 6.63. The van der Waals surface area contributed by atoms with Crippen LogP contribution in [0.25, 0.3) is 0 Å². The summed E-state index contributed by atoms with van der Waals surface area (Å²) in [5, 5.41) is 2.72. The smallest absolute Gasteiger partial charge is 0.250 e. The van der Waals surface area contributed by atoms with Gasteiger partial charge in [-0.2, -0.15) is 0 Å². The third-order valence-corrected chi connectivity index (χ3v) is 8.07. The number of hydrogen-bond acceptors (Lipinski definition) is 7. The van der Waals surface area contributed by atoms with Crippen LogP contribution in [0.15, 0.2) is 77.7 Å². The third-order valence-electron chi connectivity index (χ3n) is 6.50. The topological polar surface area (TPSA) is 100 Å². The van der Waals surface area contributed by atoms with Gasteiger partial charge in [-0.1, -0.05) is 30.3 Å². The minimum Gasteiger partial charge on any atom is -0.497 e. The Hall–Kier alpha value is -3.60. The van der Waals surface area contributed by atoms with E-state index in [-0.39, 0.29) is 17.4 Å². The summed E-state index contributed by atoms with van der Waals surface area (Å²) >= 11 is 0. The van der Waals surface area contributed by atoms with E-state index in [0.29, 0.717) is 24.5 Å². The van der Waals surface area contributed by atoms with E-state index in [1.54, 1.807) is 19.2 Å². The van der Waals surface area contributed by atoms with E-state index in [0.717, 1.165) is 30.1 Å². The van der Waals surface area contributed by atoms with Crippen LogP contribution >= 0.6 is 0 Å². The molecule has 0 radical (unpaired) electrons. The molecule has 0 unspecified atom stereocenters. The lowest BCUT2D eigenvalue weighted by Crippen LogP contribution is -2.47. The average Bonchev–Trinajstić information content (AvgIpc) is 2.93. The molecule has 2 N–H and O–H groups in total. The summed E-state index contributed by atoms with van der Waals surface area (Å²) in [6.45, 7) is 4.42. The molecule has 1 aliphatic heterocycles. The molecule has 3 aromatic carbocycles. The fraction of sp³-hybridized carbons (Fsp3) is 0.321. The van der Waals surface area contributed by atoms with Crippen molar-refractivity contribution in [2.75, 3.05) is 62.1 Å². The molecule has 0 bridgehead atoms. The molecule has 4 rings (SSSR count). The summed E-state index contributed by atoms with van der Waals surface area (Å²) in [7, 11) is -0.862. The largest absolute Gasteiger partial charge is 0.497 e. The maximum Gasteiger partial charge on any atom is 0.250 e. The predicted molar refractivity (Wildman–Crippen MR) is 150 cm³/mol. The second kappa shape index (κ2) is 12.3. The molecule has 0 aliphatic carbocycles. The van der Waals surface area contributed by atoms with Crippen LogP contribution in [-0.4, -0.2) is 61.3 Å². The lowest BCUT2D eigenvalue weighted by Gasteiger charge is -2.38. The molecule has 1 atom stereocenters. The molecular formula is C28H34N4O5S. The van der Waals surface area contributed by atoms with Crippen LogP contribution in [0, 0.1) is 0 Å². The van der Waals surface area contributed by atoms with Gasteiger partial charge in [-0.25, -0.2) is 13.1 Å². The van der Waals surface area contributed by atoms with Crippen molar-refractivity contribution >= 4 is 33.0 Å². The highest BCUT2D eigenvalue weighted by Crippen LogP contribution is 2.31. The molecule has 38 heavy (non-hydrogen) atoms. The van der Waals surface area contributed by atoms with E-state index in [2.05, 4.69) is 19.8 Å². The number of ether oxygens (including phenoxy) is 2. The van der Waals surface area contributed by atoms with Crippen molar-refractivity contribution in [1.82, 2.24) is 4.72 Å². The molecule has 202 valence electrons. The number of nitrogens with one attached hydrogen (secondary N) is 2. The molecular weight excluding hydrogens is 504 g/mol. The number of anilines is 3. The van der Waals surface area contributed by atoms with Gasteiger partial charge in [-0.15, -0.1) is 0 Å². The van der Waals surface area contributed by atoms with E-state index >= 15 is 0 Å². The maximum absolute atomic E-state index is 13.7. The van der Waals surface area contributed by atoms with Gasteiger partial charge in [0.2, 0.25) is 15.9 Å². The van der Waals surface area contributed by atoms with Gasteiger partial charge in [-0.3, -0.25) is 4.79 Å². The summed E-state index contributed by atoms with van der Waals surface area (Å²) in [4.78, 5) is 16.6. The lowest BCUT2D eigenvalue weighted by molar-refractivity contribution is -0.119. The van der Waals surface area contributed by atoms with Crippen molar-refractivity contribution in [2.45, 2.75) is 17.9 Å². The highest BCUT2D eigenvalue weighted by molar-refractivity contribution is 7.89. The molecule has 10 heteroatoms. The zero-order valence-corrected chi connectivity index (χ0v) is 22.7. The molecule has 0 spiro atoms.